The number of nitrogens with zero attached hydrogens (tertiary/aromatic N) is 3. The maximum absolute atomic E-state index is 10.0. The average Bonchev–Trinajstić information content (AvgIpc) is 3.13. The molecule has 1 aliphatic rings. The van der Waals surface area contributed by atoms with Gasteiger partial charge in [-0.25, -0.2) is 0 Å². The molecular weight excluding hydrogens is 366 g/mol. The lowest BCUT2D eigenvalue weighted by atomic mass is 9.92. The van der Waals surface area contributed by atoms with Gasteiger partial charge in [-0.1, -0.05) is 31.9 Å². The van der Waals surface area contributed by atoms with E-state index in [-0.39, 0.29) is 0 Å². The predicted molar refractivity (Wildman–Crippen MR) is 101 cm³/mol. The highest BCUT2D eigenvalue weighted by Gasteiger charge is 2.42. The molecule has 1 aliphatic heterocycles. The van der Waals surface area contributed by atoms with E-state index in [9.17, 15) is 20.4 Å². The topological polar surface area (TPSA) is 130 Å². The van der Waals surface area contributed by atoms with Crippen molar-refractivity contribution >= 4 is 0 Å². The average molecular weight is 402 g/mol. The molecule has 1 saturated heterocycles. The summed E-state index contributed by atoms with van der Waals surface area (Å²) in [6, 6.07) is 0. The predicted octanol–water partition coefficient (Wildman–Crippen LogP) is 0.244. The Morgan fingerprint density at radius 1 is 1.11 bits per heavy atom. The molecule has 4 N–H and O–H groups in total. The van der Waals surface area contributed by atoms with Crippen LogP contribution in [-0.2, 0) is 22.6 Å². The molecule has 5 unspecified atom stereocenters. The van der Waals surface area contributed by atoms with Crippen LogP contribution in [0.1, 0.15) is 51.6 Å². The molecule has 2 heterocycles. The van der Waals surface area contributed by atoms with Crippen LogP contribution in [0.2, 0.25) is 0 Å². The third-order valence-corrected chi connectivity index (χ3v) is 5.04. The minimum Gasteiger partial charge on any atom is -0.394 e. The van der Waals surface area contributed by atoms with Crippen molar-refractivity contribution in [3.8, 4) is 0 Å². The lowest BCUT2D eigenvalue weighted by Gasteiger charge is -2.40. The number of hydrogen-bond donors (Lipinski definition) is 4. The Hall–Kier alpha value is -1.10. The molecule has 5 atom stereocenters. The van der Waals surface area contributed by atoms with Gasteiger partial charge in [0.2, 0.25) is 0 Å². The summed E-state index contributed by atoms with van der Waals surface area (Å²) in [4.78, 5) is 0. The first-order valence-corrected chi connectivity index (χ1v) is 10.2. The summed E-state index contributed by atoms with van der Waals surface area (Å²) in [5.74, 6) is 0.631. The fourth-order valence-corrected chi connectivity index (χ4v) is 3.22. The number of aliphatic hydroxyl groups excluding tert-OH is 4. The highest BCUT2D eigenvalue weighted by Crippen LogP contribution is 2.24. The minimum atomic E-state index is -1.30. The van der Waals surface area contributed by atoms with Crippen molar-refractivity contribution in [1.29, 1.82) is 0 Å². The summed E-state index contributed by atoms with van der Waals surface area (Å²) < 4.78 is 13.0. The lowest BCUT2D eigenvalue weighted by molar-refractivity contribution is -0.230. The van der Waals surface area contributed by atoms with Gasteiger partial charge in [-0.2, -0.15) is 0 Å². The Bertz CT molecular complexity index is 554. The van der Waals surface area contributed by atoms with E-state index in [0.717, 1.165) is 37.9 Å². The van der Waals surface area contributed by atoms with E-state index in [2.05, 4.69) is 24.2 Å². The molecular formula is C19H35N3O6. The first-order chi connectivity index (χ1) is 13.4. The Balaban J connectivity index is 1.56. The molecule has 0 aromatic carbocycles. The zero-order chi connectivity index (χ0) is 20.5. The highest BCUT2D eigenvalue weighted by atomic mass is 16.5. The van der Waals surface area contributed by atoms with E-state index < -0.39 is 37.1 Å². The molecule has 0 aliphatic carbocycles. The number of rotatable bonds is 12. The molecule has 1 aromatic rings. The van der Waals surface area contributed by atoms with Crippen LogP contribution in [0.4, 0.5) is 0 Å². The number of hydrogen-bond acceptors (Lipinski definition) is 8. The zero-order valence-electron chi connectivity index (χ0n) is 16.9. The number of ether oxygens (including phenoxy) is 2. The quantitative estimate of drug-likeness (QED) is 0.367. The van der Waals surface area contributed by atoms with Crippen LogP contribution in [0.15, 0.2) is 6.20 Å². The van der Waals surface area contributed by atoms with Gasteiger partial charge in [-0.15, -0.1) is 5.10 Å². The second kappa shape index (κ2) is 11.8. The van der Waals surface area contributed by atoms with Crippen LogP contribution in [0.5, 0.6) is 0 Å². The number of aliphatic hydroxyl groups is 4. The van der Waals surface area contributed by atoms with Crippen LogP contribution in [0, 0.1) is 5.92 Å². The third kappa shape index (κ3) is 7.06. The SMILES string of the molecule is CC(C)CCn1cc(COCCCCCC2OC(CO)C(O)C(O)C2O)nn1. The lowest BCUT2D eigenvalue weighted by Crippen LogP contribution is -2.58. The summed E-state index contributed by atoms with van der Waals surface area (Å²) >= 11 is 0. The summed E-state index contributed by atoms with van der Waals surface area (Å²) in [6.45, 7) is 5.87. The molecule has 1 fully saturated rings. The van der Waals surface area contributed by atoms with Gasteiger partial charge < -0.3 is 29.9 Å². The molecule has 0 bridgehead atoms. The van der Waals surface area contributed by atoms with Gasteiger partial charge in [-0.05, 0) is 25.2 Å². The summed E-state index contributed by atoms with van der Waals surface area (Å²) in [5.41, 5.74) is 0.824. The van der Waals surface area contributed by atoms with Crippen molar-refractivity contribution in [2.75, 3.05) is 13.2 Å². The van der Waals surface area contributed by atoms with Crippen LogP contribution >= 0.6 is 0 Å². The van der Waals surface area contributed by atoms with Crippen molar-refractivity contribution < 1.29 is 29.9 Å². The largest absolute Gasteiger partial charge is 0.394 e. The van der Waals surface area contributed by atoms with E-state index in [0.29, 0.717) is 25.6 Å². The molecule has 162 valence electrons. The molecule has 2 rings (SSSR count). The van der Waals surface area contributed by atoms with Crippen molar-refractivity contribution in [2.24, 2.45) is 5.92 Å². The fraction of sp³-hybridized carbons (Fsp3) is 0.895. The van der Waals surface area contributed by atoms with Gasteiger partial charge in [-0.3, -0.25) is 4.68 Å². The van der Waals surface area contributed by atoms with E-state index in [4.69, 9.17) is 9.47 Å². The number of unbranched alkanes of at least 4 members (excludes halogenated alkanes) is 2. The van der Waals surface area contributed by atoms with Crippen molar-refractivity contribution in [2.45, 2.75) is 89.6 Å². The van der Waals surface area contributed by atoms with Crippen molar-refractivity contribution in [3.05, 3.63) is 11.9 Å². The van der Waals surface area contributed by atoms with Crippen LogP contribution in [0.25, 0.3) is 0 Å². The maximum Gasteiger partial charge on any atom is 0.111 e. The molecule has 0 radical (unpaired) electrons. The zero-order valence-corrected chi connectivity index (χ0v) is 16.9. The Morgan fingerprint density at radius 2 is 1.86 bits per heavy atom. The van der Waals surface area contributed by atoms with Crippen LogP contribution in [0.3, 0.4) is 0 Å². The Morgan fingerprint density at radius 3 is 2.57 bits per heavy atom. The first kappa shape index (κ1) is 23.2. The van der Waals surface area contributed by atoms with Gasteiger partial charge >= 0.3 is 0 Å². The summed E-state index contributed by atoms with van der Waals surface area (Å²) in [7, 11) is 0. The standard InChI is InChI=1S/C19H35N3O6/c1-13(2)7-8-22-10-14(20-21-22)12-27-9-5-3-4-6-15-17(24)19(26)18(25)16(11-23)28-15/h10,13,15-19,23-26H,3-9,11-12H2,1-2H3. The number of aryl methyl sites for hydroxylation is 1. The van der Waals surface area contributed by atoms with E-state index in [1.165, 1.54) is 0 Å². The van der Waals surface area contributed by atoms with Gasteiger partial charge in [0, 0.05) is 13.2 Å². The van der Waals surface area contributed by atoms with Gasteiger partial charge in [0.05, 0.1) is 25.5 Å². The highest BCUT2D eigenvalue weighted by molar-refractivity contribution is 4.92. The molecule has 28 heavy (non-hydrogen) atoms. The van der Waals surface area contributed by atoms with E-state index in [1.807, 2.05) is 10.9 Å². The monoisotopic (exact) mass is 401 g/mol. The molecule has 0 spiro atoms. The maximum atomic E-state index is 10.0. The third-order valence-electron chi connectivity index (χ3n) is 5.04. The molecule has 9 heteroatoms. The fourth-order valence-electron chi connectivity index (χ4n) is 3.22. The van der Waals surface area contributed by atoms with E-state index in [1.54, 1.807) is 0 Å². The molecule has 0 amide bonds. The normalized spacial score (nSPS) is 28.2. The van der Waals surface area contributed by atoms with Gasteiger partial charge in [0.1, 0.15) is 30.1 Å². The summed E-state index contributed by atoms with van der Waals surface area (Å²) in [6.07, 6.45) is 0.907. The smallest absolute Gasteiger partial charge is 0.111 e. The second-order valence-corrected chi connectivity index (χ2v) is 7.92. The van der Waals surface area contributed by atoms with Crippen LogP contribution < -0.4 is 0 Å². The minimum absolute atomic E-state index is 0.391. The van der Waals surface area contributed by atoms with Crippen LogP contribution in [-0.4, -0.2) is 79.2 Å². The Kier molecular flexibility index (Phi) is 9.76. The first-order valence-electron chi connectivity index (χ1n) is 10.2. The number of aromatic nitrogens is 3. The second-order valence-electron chi connectivity index (χ2n) is 7.92. The molecule has 0 saturated carbocycles. The molecule has 9 nitrogen and oxygen atoms in total. The van der Waals surface area contributed by atoms with Gasteiger partial charge in [0.15, 0.2) is 0 Å². The molecule has 1 aromatic heterocycles. The van der Waals surface area contributed by atoms with Crippen molar-refractivity contribution in [3.63, 3.8) is 0 Å². The Labute approximate surface area is 166 Å². The summed E-state index contributed by atoms with van der Waals surface area (Å²) in [5, 5.41) is 47.0. The van der Waals surface area contributed by atoms with Gasteiger partial charge in [0.25, 0.3) is 0 Å². The van der Waals surface area contributed by atoms with Crippen molar-refractivity contribution in [1.82, 2.24) is 15.0 Å². The van der Waals surface area contributed by atoms with E-state index >= 15 is 0 Å².